The van der Waals surface area contributed by atoms with Crippen molar-refractivity contribution in [2.75, 3.05) is 0 Å². The number of nitrogens with one attached hydrogen (secondary N) is 1. The third-order valence-corrected chi connectivity index (χ3v) is 4.55. The summed E-state index contributed by atoms with van der Waals surface area (Å²) >= 11 is 0. The van der Waals surface area contributed by atoms with Crippen molar-refractivity contribution in [3.8, 4) is 0 Å². The lowest BCUT2D eigenvalue weighted by atomic mass is 9.87. The van der Waals surface area contributed by atoms with E-state index in [2.05, 4.69) is 12.2 Å². The van der Waals surface area contributed by atoms with Gasteiger partial charge in [0.1, 0.15) is 0 Å². The van der Waals surface area contributed by atoms with Crippen LogP contribution in [0.2, 0.25) is 0 Å². The minimum atomic E-state index is 0.229. The summed E-state index contributed by atoms with van der Waals surface area (Å²) in [7, 11) is 0. The maximum atomic E-state index is 11.9. The van der Waals surface area contributed by atoms with Crippen LogP contribution in [-0.4, -0.2) is 18.0 Å². The molecule has 0 unspecified atom stereocenters. The smallest absolute Gasteiger partial charge is 0.220 e. The van der Waals surface area contributed by atoms with Crippen molar-refractivity contribution in [2.45, 2.75) is 70.4 Å². The normalized spacial score (nSPS) is 38.0. The molecule has 0 aromatic rings. The maximum absolute atomic E-state index is 11.9. The van der Waals surface area contributed by atoms with E-state index in [0.717, 1.165) is 31.6 Å². The van der Waals surface area contributed by atoms with Gasteiger partial charge in [0.05, 0.1) is 0 Å². The molecule has 2 rings (SSSR count). The molecule has 2 aliphatic rings. The van der Waals surface area contributed by atoms with Crippen LogP contribution in [0.15, 0.2) is 0 Å². The Morgan fingerprint density at radius 1 is 1.18 bits per heavy atom. The van der Waals surface area contributed by atoms with Crippen LogP contribution >= 0.6 is 0 Å². The molecule has 0 spiro atoms. The number of rotatable bonds is 3. The van der Waals surface area contributed by atoms with Crippen molar-refractivity contribution in [3.63, 3.8) is 0 Å². The number of amides is 1. The van der Waals surface area contributed by atoms with E-state index in [1.165, 1.54) is 19.3 Å². The summed E-state index contributed by atoms with van der Waals surface area (Å²) < 4.78 is 0. The lowest BCUT2D eigenvalue weighted by molar-refractivity contribution is -0.123. The molecule has 1 amide bonds. The molecule has 0 radical (unpaired) electrons. The van der Waals surface area contributed by atoms with E-state index in [1.807, 2.05) is 0 Å². The first-order valence-corrected chi connectivity index (χ1v) is 7.20. The predicted molar refractivity (Wildman–Crippen MR) is 69.5 cm³/mol. The highest BCUT2D eigenvalue weighted by atomic mass is 16.1. The molecule has 0 saturated heterocycles. The average molecular weight is 238 g/mol. The molecule has 0 aromatic heterocycles. The Kier molecular flexibility index (Phi) is 4.43. The highest BCUT2D eigenvalue weighted by Gasteiger charge is 2.27. The van der Waals surface area contributed by atoms with Crippen molar-refractivity contribution in [2.24, 2.45) is 17.6 Å². The fraction of sp³-hybridized carbons (Fsp3) is 0.929. The van der Waals surface area contributed by atoms with Crippen LogP contribution in [0.5, 0.6) is 0 Å². The van der Waals surface area contributed by atoms with E-state index < -0.39 is 0 Å². The van der Waals surface area contributed by atoms with E-state index in [1.54, 1.807) is 0 Å². The zero-order chi connectivity index (χ0) is 12.3. The summed E-state index contributed by atoms with van der Waals surface area (Å²) in [5.41, 5.74) is 6.00. The molecular weight excluding hydrogens is 212 g/mol. The second kappa shape index (κ2) is 5.85. The molecule has 3 N–H and O–H groups in total. The maximum Gasteiger partial charge on any atom is 0.220 e. The van der Waals surface area contributed by atoms with Crippen molar-refractivity contribution < 1.29 is 4.79 Å². The molecule has 0 heterocycles. The summed E-state index contributed by atoms with van der Waals surface area (Å²) in [4.78, 5) is 11.9. The highest BCUT2D eigenvalue weighted by Crippen LogP contribution is 2.27. The molecule has 0 aromatic carbocycles. The first kappa shape index (κ1) is 12.9. The Morgan fingerprint density at radius 2 is 1.88 bits per heavy atom. The average Bonchev–Trinajstić information content (AvgIpc) is 2.68. The Hall–Kier alpha value is -0.570. The van der Waals surface area contributed by atoms with Gasteiger partial charge in [-0.15, -0.1) is 0 Å². The van der Waals surface area contributed by atoms with Crippen molar-refractivity contribution >= 4 is 5.91 Å². The first-order valence-electron chi connectivity index (χ1n) is 7.20. The Bertz CT molecular complexity index is 259. The molecule has 17 heavy (non-hydrogen) atoms. The van der Waals surface area contributed by atoms with E-state index in [0.29, 0.717) is 18.4 Å². The summed E-state index contributed by atoms with van der Waals surface area (Å²) in [6.45, 7) is 2.30. The number of carbonyl (C=O) groups excluding carboxylic acids is 1. The molecule has 2 fully saturated rings. The molecule has 2 atom stereocenters. The van der Waals surface area contributed by atoms with Crippen LogP contribution in [0.1, 0.15) is 58.3 Å². The fourth-order valence-corrected chi connectivity index (χ4v) is 3.25. The zero-order valence-electron chi connectivity index (χ0n) is 11.0. The highest BCUT2D eigenvalue weighted by molar-refractivity contribution is 5.76. The number of hydrogen-bond donors (Lipinski definition) is 2. The lowest BCUT2D eigenvalue weighted by Crippen LogP contribution is -2.39. The van der Waals surface area contributed by atoms with Gasteiger partial charge in [-0.3, -0.25) is 4.79 Å². The minimum Gasteiger partial charge on any atom is -0.353 e. The summed E-state index contributed by atoms with van der Waals surface area (Å²) in [6.07, 6.45) is 8.90. The Labute approximate surface area is 105 Å². The standard InChI is InChI=1S/C14H26N2O/c1-10-5-7-12(8-6-10)16-14(17)9-11-3-2-4-13(11)15/h10-13H,2-9,15H2,1H3,(H,16,17)/t10?,11-,12?,13+/m0/s1. The van der Waals surface area contributed by atoms with Crippen LogP contribution in [0.25, 0.3) is 0 Å². The molecule has 2 aliphatic carbocycles. The van der Waals surface area contributed by atoms with E-state index in [-0.39, 0.29) is 11.9 Å². The van der Waals surface area contributed by atoms with Gasteiger partial charge in [-0.05, 0) is 50.4 Å². The Morgan fingerprint density at radius 3 is 2.47 bits per heavy atom. The SMILES string of the molecule is CC1CCC(NC(=O)C[C@@H]2CCC[C@H]2N)CC1. The van der Waals surface area contributed by atoms with Crippen molar-refractivity contribution in [1.82, 2.24) is 5.32 Å². The monoisotopic (exact) mass is 238 g/mol. The summed E-state index contributed by atoms with van der Waals surface area (Å²) in [5.74, 6) is 1.50. The van der Waals surface area contributed by atoms with Crippen LogP contribution in [0.3, 0.4) is 0 Å². The largest absolute Gasteiger partial charge is 0.353 e. The minimum absolute atomic E-state index is 0.229. The summed E-state index contributed by atoms with van der Waals surface area (Å²) in [6, 6.07) is 0.684. The van der Waals surface area contributed by atoms with Gasteiger partial charge in [0.2, 0.25) is 5.91 Å². The van der Waals surface area contributed by atoms with E-state index >= 15 is 0 Å². The second-order valence-electron chi connectivity index (χ2n) is 6.08. The van der Waals surface area contributed by atoms with Crippen molar-refractivity contribution in [1.29, 1.82) is 0 Å². The molecule has 0 aliphatic heterocycles. The van der Waals surface area contributed by atoms with E-state index in [9.17, 15) is 4.79 Å². The zero-order valence-corrected chi connectivity index (χ0v) is 11.0. The fourth-order valence-electron chi connectivity index (χ4n) is 3.25. The second-order valence-corrected chi connectivity index (χ2v) is 6.08. The molecule has 0 bridgehead atoms. The van der Waals surface area contributed by atoms with Crippen LogP contribution < -0.4 is 11.1 Å². The van der Waals surface area contributed by atoms with Crippen molar-refractivity contribution in [3.05, 3.63) is 0 Å². The van der Waals surface area contributed by atoms with Gasteiger partial charge in [-0.2, -0.15) is 0 Å². The molecular formula is C14H26N2O. The van der Waals surface area contributed by atoms with Gasteiger partial charge in [-0.25, -0.2) is 0 Å². The number of carbonyl (C=O) groups is 1. The number of nitrogens with two attached hydrogens (primary N) is 1. The van der Waals surface area contributed by atoms with Gasteiger partial charge in [0.25, 0.3) is 0 Å². The summed E-state index contributed by atoms with van der Waals surface area (Å²) in [5, 5.41) is 3.19. The molecule has 98 valence electrons. The molecule has 3 nitrogen and oxygen atoms in total. The molecule has 3 heteroatoms. The topological polar surface area (TPSA) is 55.1 Å². The Balaban J connectivity index is 1.70. The number of hydrogen-bond acceptors (Lipinski definition) is 2. The lowest BCUT2D eigenvalue weighted by Gasteiger charge is -2.27. The van der Waals surface area contributed by atoms with Crippen LogP contribution in [0, 0.1) is 11.8 Å². The third kappa shape index (κ3) is 3.70. The van der Waals surface area contributed by atoms with Gasteiger partial charge >= 0.3 is 0 Å². The quantitative estimate of drug-likeness (QED) is 0.792. The van der Waals surface area contributed by atoms with Crippen LogP contribution in [0.4, 0.5) is 0 Å². The van der Waals surface area contributed by atoms with Crippen LogP contribution in [-0.2, 0) is 4.79 Å². The third-order valence-electron chi connectivity index (χ3n) is 4.55. The van der Waals surface area contributed by atoms with E-state index in [4.69, 9.17) is 5.73 Å². The molecule has 2 saturated carbocycles. The van der Waals surface area contributed by atoms with Gasteiger partial charge < -0.3 is 11.1 Å². The predicted octanol–water partition coefficient (Wildman–Crippen LogP) is 2.20. The first-order chi connectivity index (χ1) is 8.15. The van der Waals surface area contributed by atoms with Gasteiger partial charge in [0, 0.05) is 18.5 Å². The van der Waals surface area contributed by atoms with Gasteiger partial charge in [-0.1, -0.05) is 13.3 Å². The van der Waals surface area contributed by atoms with Gasteiger partial charge in [0.15, 0.2) is 0 Å².